The largest absolute Gasteiger partial charge is 0.224 e. The van der Waals surface area contributed by atoms with Gasteiger partial charge in [-0.2, -0.15) is 12.6 Å². The molecule has 0 amide bonds. The lowest BCUT2D eigenvalue weighted by Crippen LogP contribution is -2.04. The Kier molecular flexibility index (Phi) is 4.67. The van der Waals surface area contributed by atoms with E-state index in [1.54, 1.807) is 25.1 Å². The van der Waals surface area contributed by atoms with Crippen molar-refractivity contribution in [3.63, 3.8) is 0 Å². The van der Waals surface area contributed by atoms with Crippen LogP contribution in [0.1, 0.15) is 18.9 Å². The first-order valence-corrected chi connectivity index (χ1v) is 7.31. The predicted octanol–water partition coefficient (Wildman–Crippen LogP) is 2.34. The molecule has 1 aromatic rings. The van der Waals surface area contributed by atoms with E-state index in [-0.39, 0.29) is 5.75 Å². The van der Waals surface area contributed by atoms with Gasteiger partial charge < -0.3 is 0 Å². The van der Waals surface area contributed by atoms with Crippen molar-refractivity contribution in [3.05, 3.63) is 29.8 Å². The molecule has 0 aliphatic rings. The number of thiol groups is 1. The summed E-state index contributed by atoms with van der Waals surface area (Å²) in [6, 6.07) is 7.18. The van der Waals surface area contributed by atoms with Gasteiger partial charge in [-0.3, -0.25) is 0 Å². The third-order valence-electron chi connectivity index (χ3n) is 2.26. The minimum absolute atomic E-state index is 0.156. The van der Waals surface area contributed by atoms with Crippen LogP contribution in [-0.4, -0.2) is 19.9 Å². The van der Waals surface area contributed by atoms with Crippen molar-refractivity contribution in [1.82, 2.24) is 0 Å². The second-order valence-corrected chi connectivity index (χ2v) is 6.10. The molecule has 0 aliphatic carbocycles. The summed E-state index contributed by atoms with van der Waals surface area (Å²) in [4.78, 5) is 0.432. The highest BCUT2D eigenvalue weighted by Crippen LogP contribution is 2.14. The van der Waals surface area contributed by atoms with Crippen molar-refractivity contribution in [2.24, 2.45) is 0 Å². The van der Waals surface area contributed by atoms with Gasteiger partial charge in [-0.25, -0.2) is 8.42 Å². The molecule has 0 saturated carbocycles. The normalized spacial score (nSPS) is 11.6. The highest BCUT2D eigenvalue weighted by atomic mass is 32.2. The molecule has 84 valence electrons. The van der Waals surface area contributed by atoms with Crippen molar-refractivity contribution in [3.8, 4) is 0 Å². The number of hydrogen-bond acceptors (Lipinski definition) is 3. The standard InChI is InChI=1S/C11H16O2S2/c1-2-15(12,13)11-7-3-5-10(9-11)6-4-8-14/h3,5,7,9,14H,2,4,6,8H2,1H3. The molecule has 0 saturated heterocycles. The Morgan fingerprint density at radius 2 is 2.07 bits per heavy atom. The van der Waals surface area contributed by atoms with Crippen molar-refractivity contribution in [1.29, 1.82) is 0 Å². The van der Waals surface area contributed by atoms with Crippen LogP contribution in [0.5, 0.6) is 0 Å². The summed E-state index contributed by atoms with van der Waals surface area (Å²) in [5, 5.41) is 0. The number of hydrogen-bond donors (Lipinski definition) is 1. The lowest BCUT2D eigenvalue weighted by atomic mass is 10.1. The molecule has 0 aromatic heterocycles. The molecule has 0 N–H and O–H groups in total. The number of sulfone groups is 1. The van der Waals surface area contributed by atoms with Crippen LogP contribution < -0.4 is 0 Å². The second-order valence-electron chi connectivity index (χ2n) is 3.38. The SMILES string of the molecule is CCS(=O)(=O)c1cccc(CCCS)c1. The van der Waals surface area contributed by atoms with E-state index in [2.05, 4.69) is 12.6 Å². The summed E-state index contributed by atoms with van der Waals surface area (Å²) in [6.45, 7) is 1.66. The highest BCUT2D eigenvalue weighted by molar-refractivity contribution is 7.91. The van der Waals surface area contributed by atoms with Gasteiger partial charge in [0, 0.05) is 0 Å². The quantitative estimate of drug-likeness (QED) is 0.807. The third-order valence-corrected chi connectivity index (χ3v) is 4.31. The van der Waals surface area contributed by atoms with E-state index >= 15 is 0 Å². The molecule has 0 unspecified atom stereocenters. The Morgan fingerprint density at radius 1 is 1.33 bits per heavy atom. The van der Waals surface area contributed by atoms with Crippen LogP contribution in [0.4, 0.5) is 0 Å². The number of benzene rings is 1. The summed E-state index contributed by atoms with van der Waals surface area (Å²) < 4.78 is 23.2. The zero-order valence-corrected chi connectivity index (χ0v) is 10.5. The summed E-state index contributed by atoms with van der Waals surface area (Å²) in [5.74, 6) is 0.980. The van der Waals surface area contributed by atoms with Crippen molar-refractivity contribution >= 4 is 22.5 Å². The van der Waals surface area contributed by atoms with Gasteiger partial charge in [0.1, 0.15) is 0 Å². The molecule has 0 atom stereocenters. The molecule has 1 rings (SSSR count). The van der Waals surface area contributed by atoms with Crippen molar-refractivity contribution < 1.29 is 8.42 Å². The smallest absolute Gasteiger partial charge is 0.178 e. The Bertz CT molecular complexity index is 410. The van der Waals surface area contributed by atoms with Crippen LogP contribution in [0, 0.1) is 0 Å². The van der Waals surface area contributed by atoms with E-state index < -0.39 is 9.84 Å². The Hall–Kier alpha value is -0.480. The van der Waals surface area contributed by atoms with E-state index in [9.17, 15) is 8.42 Å². The second kappa shape index (κ2) is 5.56. The molecule has 15 heavy (non-hydrogen) atoms. The molecular weight excluding hydrogens is 228 g/mol. The van der Waals surface area contributed by atoms with Crippen LogP contribution >= 0.6 is 12.6 Å². The summed E-state index contributed by atoms with van der Waals surface area (Å²) in [5.41, 5.74) is 1.07. The Balaban J connectivity index is 2.93. The van der Waals surface area contributed by atoms with Gasteiger partial charge >= 0.3 is 0 Å². The minimum Gasteiger partial charge on any atom is -0.224 e. The molecule has 0 aliphatic heterocycles. The van der Waals surface area contributed by atoms with E-state index in [1.165, 1.54) is 0 Å². The molecule has 4 heteroatoms. The summed E-state index contributed by atoms with van der Waals surface area (Å²) in [6.07, 6.45) is 1.86. The van der Waals surface area contributed by atoms with Crippen LogP contribution in [0.15, 0.2) is 29.2 Å². The number of aryl methyl sites for hydroxylation is 1. The monoisotopic (exact) mass is 244 g/mol. The maximum Gasteiger partial charge on any atom is 0.178 e. The molecular formula is C11H16O2S2. The average molecular weight is 244 g/mol. The van der Waals surface area contributed by atoms with Crippen molar-refractivity contribution in [2.75, 3.05) is 11.5 Å². The van der Waals surface area contributed by atoms with Crippen LogP contribution in [-0.2, 0) is 16.3 Å². The number of rotatable bonds is 5. The molecule has 0 spiro atoms. The van der Waals surface area contributed by atoms with Crippen molar-refractivity contribution in [2.45, 2.75) is 24.7 Å². The third kappa shape index (κ3) is 3.54. The van der Waals surface area contributed by atoms with E-state index in [0.717, 1.165) is 24.2 Å². The fourth-order valence-corrected chi connectivity index (χ4v) is 2.45. The maximum absolute atomic E-state index is 11.6. The zero-order valence-electron chi connectivity index (χ0n) is 8.81. The average Bonchev–Trinajstić information content (AvgIpc) is 2.27. The van der Waals surface area contributed by atoms with E-state index in [4.69, 9.17) is 0 Å². The first kappa shape index (κ1) is 12.6. The Morgan fingerprint density at radius 3 is 2.67 bits per heavy atom. The van der Waals surface area contributed by atoms with Crippen LogP contribution in [0.25, 0.3) is 0 Å². The Labute approximate surface area is 97.0 Å². The predicted molar refractivity (Wildman–Crippen MR) is 66.3 cm³/mol. The highest BCUT2D eigenvalue weighted by Gasteiger charge is 2.11. The first-order valence-electron chi connectivity index (χ1n) is 5.02. The fraction of sp³-hybridized carbons (Fsp3) is 0.455. The molecule has 2 nitrogen and oxygen atoms in total. The molecule has 0 heterocycles. The van der Waals surface area contributed by atoms with Crippen LogP contribution in [0.3, 0.4) is 0 Å². The van der Waals surface area contributed by atoms with Gasteiger partial charge in [0.25, 0.3) is 0 Å². The van der Waals surface area contributed by atoms with Gasteiger partial charge in [-0.1, -0.05) is 19.1 Å². The van der Waals surface area contributed by atoms with Gasteiger partial charge in [0.05, 0.1) is 10.6 Å². The zero-order chi connectivity index (χ0) is 11.3. The maximum atomic E-state index is 11.6. The molecule has 0 fully saturated rings. The summed E-state index contributed by atoms with van der Waals surface area (Å²) in [7, 11) is -3.06. The van der Waals surface area contributed by atoms with Crippen LogP contribution in [0.2, 0.25) is 0 Å². The first-order chi connectivity index (χ1) is 7.10. The molecule has 1 aromatic carbocycles. The van der Waals surface area contributed by atoms with E-state index in [0.29, 0.717) is 4.90 Å². The molecule has 0 bridgehead atoms. The van der Waals surface area contributed by atoms with Gasteiger partial charge in [-0.15, -0.1) is 0 Å². The molecule has 0 radical (unpaired) electrons. The van der Waals surface area contributed by atoms with E-state index in [1.807, 2.05) is 6.07 Å². The van der Waals surface area contributed by atoms with Gasteiger partial charge in [0.2, 0.25) is 0 Å². The van der Waals surface area contributed by atoms with Gasteiger partial charge in [-0.05, 0) is 36.3 Å². The topological polar surface area (TPSA) is 34.1 Å². The fourth-order valence-electron chi connectivity index (χ4n) is 1.34. The lowest BCUT2D eigenvalue weighted by Gasteiger charge is -2.04. The minimum atomic E-state index is -3.06. The lowest BCUT2D eigenvalue weighted by molar-refractivity contribution is 0.597. The van der Waals surface area contributed by atoms with Gasteiger partial charge in [0.15, 0.2) is 9.84 Å². The summed E-state index contributed by atoms with van der Waals surface area (Å²) >= 11 is 4.13.